The van der Waals surface area contributed by atoms with Gasteiger partial charge in [0.05, 0.1) is 24.7 Å². The molecule has 2 heterocycles. The van der Waals surface area contributed by atoms with Crippen LogP contribution in [0.1, 0.15) is 23.8 Å². The number of morpholine rings is 1. The van der Waals surface area contributed by atoms with Crippen LogP contribution < -0.4 is 0 Å². The van der Waals surface area contributed by atoms with Gasteiger partial charge in [-0.25, -0.2) is 8.42 Å². The first-order valence-corrected chi connectivity index (χ1v) is 11.8. The molecule has 1 amide bonds. The van der Waals surface area contributed by atoms with Gasteiger partial charge in [-0.1, -0.05) is 18.2 Å². The summed E-state index contributed by atoms with van der Waals surface area (Å²) in [7, 11) is -3.48. The summed E-state index contributed by atoms with van der Waals surface area (Å²) in [6, 6.07) is 10.9. The van der Waals surface area contributed by atoms with Gasteiger partial charge in [-0.15, -0.1) is 11.3 Å². The molecule has 1 fully saturated rings. The molecule has 0 bridgehead atoms. The third-order valence-corrected chi connectivity index (χ3v) is 7.59. The Bertz CT molecular complexity index is 858. The minimum Gasteiger partial charge on any atom is -0.379 e. The zero-order valence-electron chi connectivity index (χ0n) is 16.0. The lowest BCUT2D eigenvalue weighted by Gasteiger charge is -2.26. The first kappa shape index (κ1) is 21.0. The maximum Gasteiger partial charge on any atom is 0.243 e. The predicted octanol–water partition coefficient (Wildman–Crippen LogP) is 2.75. The van der Waals surface area contributed by atoms with Gasteiger partial charge in [-0.3, -0.25) is 4.79 Å². The molecule has 3 rings (SSSR count). The predicted molar refractivity (Wildman–Crippen MR) is 110 cm³/mol. The molecular weight excluding hydrogens is 396 g/mol. The molecule has 0 saturated carbocycles. The van der Waals surface area contributed by atoms with Gasteiger partial charge >= 0.3 is 0 Å². The van der Waals surface area contributed by atoms with Crippen LogP contribution in [0.5, 0.6) is 0 Å². The van der Waals surface area contributed by atoms with Crippen LogP contribution in [-0.2, 0) is 32.5 Å². The van der Waals surface area contributed by atoms with E-state index in [0.29, 0.717) is 52.2 Å². The summed E-state index contributed by atoms with van der Waals surface area (Å²) < 4.78 is 32.0. The number of thiophene rings is 1. The van der Waals surface area contributed by atoms with Crippen molar-refractivity contribution in [1.29, 1.82) is 0 Å². The third-order valence-electron chi connectivity index (χ3n) is 4.82. The lowest BCUT2D eigenvalue weighted by atomic mass is 10.1. The number of hydrogen-bond acceptors (Lipinski definition) is 5. The first-order chi connectivity index (χ1) is 13.5. The van der Waals surface area contributed by atoms with Crippen molar-refractivity contribution in [2.45, 2.75) is 31.2 Å². The third kappa shape index (κ3) is 5.20. The molecule has 1 saturated heterocycles. The second-order valence-electron chi connectivity index (χ2n) is 6.65. The van der Waals surface area contributed by atoms with Crippen molar-refractivity contribution in [2.75, 3.05) is 32.8 Å². The van der Waals surface area contributed by atoms with Crippen LogP contribution in [0.25, 0.3) is 0 Å². The van der Waals surface area contributed by atoms with Gasteiger partial charge in [-0.05, 0) is 42.5 Å². The summed E-state index contributed by atoms with van der Waals surface area (Å²) in [6.07, 6.45) is 1.01. The van der Waals surface area contributed by atoms with Crippen LogP contribution in [0.15, 0.2) is 46.7 Å². The number of amides is 1. The first-order valence-electron chi connectivity index (χ1n) is 9.47. The number of rotatable bonds is 8. The molecule has 0 aliphatic carbocycles. The van der Waals surface area contributed by atoms with E-state index in [4.69, 9.17) is 4.74 Å². The van der Waals surface area contributed by atoms with E-state index < -0.39 is 10.0 Å². The highest BCUT2D eigenvalue weighted by atomic mass is 32.2. The van der Waals surface area contributed by atoms with E-state index in [0.717, 1.165) is 5.56 Å². The van der Waals surface area contributed by atoms with Crippen molar-refractivity contribution in [2.24, 2.45) is 0 Å². The Morgan fingerprint density at radius 1 is 1.18 bits per heavy atom. The minimum absolute atomic E-state index is 0.112. The van der Waals surface area contributed by atoms with E-state index in [-0.39, 0.29) is 10.8 Å². The van der Waals surface area contributed by atoms with Gasteiger partial charge in [0.2, 0.25) is 15.9 Å². The molecule has 0 N–H and O–H groups in total. The van der Waals surface area contributed by atoms with E-state index in [1.807, 2.05) is 29.3 Å². The Balaban J connectivity index is 1.57. The van der Waals surface area contributed by atoms with Crippen molar-refractivity contribution in [3.63, 3.8) is 0 Å². The zero-order chi connectivity index (χ0) is 20.0. The van der Waals surface area contributed by atoms with Crippen molar-refractivity contribution in [1.82, 2.24) is 9.21 Å². The normalized spacial score (nSPS) is 15.5. The van der Waals surface area contributed by atoms with E-state index in [1.165, 1.54) is 9.18 Å². The van der Waals surface area contributed by atoms with E-state index in [9.17, 15) is 13.2 Å². The molecule has 152 valence electrons. The average molecular weight is 423 g/mol. The molecule has 6 nitrogen and oxygen atoms in total. The summed E-state index contributed by atoms with van der Waals surface area (Å²) in [5, 5.41) is 2.01. The van der Waals surface area contributed by atoms with Crippen LogP contribution in [-0.4, -0.2) is 56.4 Å². The molecule has 0 radical (unpaired) electrons. The molecule has 2 aromatic rings. The van der Waals surface area contributed by atoms with E-state index in [2.05, 4.69) is 0 Å². The van der Waals surface area contributed by atoms with Crippen molar-refractivity contribution >= 4 is 27.3 Å². The Labute approximate surface area is 170 Å². The maximum atomic E-state index is 12.7. The van der Waals surface area contributed by atoms with Gasteiger partial charge in [0, 0.05) is 30.9 Å². The average Bonchev–Trinajstić information content (AvgIpc) is 3.24. The Morgan fingerprint density at radius 2 is 1.89 bits per heavy atom. The van der Waals surface area contributed by atoms with Gasteiger partial charge in [0.15, 0.2) is 0 Å². The quantitative estimate of drug-likeness (QED) is 0.656. The van der Waals surface area contributed by atoms with Crippen LogP contribution in [0.2, 0.25) is 0 Å². The maximum absolute atomic E-state index is 12.7. The minimum atomic E-state index is -3.48. The van der Waals surface area contributed by atoms with Gasteiger partial charge < -0.3 is 9.64 Å². The summed E-state index contributed by atoms with van der Waals surface area (Å²) in [5.74, 6) is 0.112. The zero-order valence-corrected chi connectivity index (χ0v) is 17.7. The molecule has 0 unspecified atom stereocenters. The molecule has 28 heavy (non-hydrogen) atoms. The number of carbonyl (C=O) groups is 1. The molecule has 0 spiro atoms. The highest BCUT2D eigenvalue weighted by Crippen LogP contribution is 2.19. The number of hydrogen-bond donors (Lipinski definition) is 0. The summed E-state index contributed by atoms with van der Waals surface area (Å²) in [4.78, 5) is 15.8. The smallest absolute Gasteiger partial charge is 0.243 e. The topological polar surface area (TPSA) is 66.9 Å². The van der Waals surface area contributed by atoms with E-state index >= 15 is 0 Å². The summed E-state index contributed by atoms with van der Waals surface area (Å²) in [6.45, 7) is 4.93. The fourth-order valence-corrected chi connectivity index (χ4v) is 5.27. The second-order valence-corrected chi connectivity index (χ2v) is 9.62. The molecular formula is C20H26N2O4S2. The van der Waals surface area contributed by atoms with Gasteiger partial charge in [-0.2, -0.15) is 4.31 Å². The number of nitrogens with zero attached hydrogens (tertiary/aromatic N) is 2. The van der Waals surface area contributed by atoms with Crippen molar-refractivity contribution in [3.05, 3.63) is 52.2 Å². The Hall–Kier alpha value is -1.74. The largest absolute Gasteiger partial charge is 0.379 e. The number of ether oxygens (including phenoxy) is 1. The summed E-state index contributed by atoms with van der Waals surface area (Å²) >= 11 is 1.65. The SMILES string of the molecule is CCN(Cc1cccs1)C(=O)CCc1ccc(S(=O)(=O)N2CCOCC2)cc1. The van der Waals surface area contributed by atoms with Crippen LogP contribution in [0.4, 0.5) is 0 Å². The molecule has 1 aromatic carbocycles. The van der Waals surface area contributed by atoms with Crippen LogP contribution >= 0.6 is 11.3 Å². The molecule has 1 aliphatic rings. The molecule has 1 aromatic heterocycles. The Morgan fingerprint density at radius 3 is 2.50 bits per heavy atom. The lowest BCUT2D eigenvalue weighted by molar-refractivity contribution is -0.131. The number of carbonyl (C=O) groups excluding carboxylic acids is 1. The fourth-order valence-electron chi connectivity index (χ4n) is 3.14. The summed E-state index contributed by atoms with van der Waals surface area (Å²) in [5.41, 5.74) is 0.960. The lowest BCUT2D eigenvalue weighted by Crippen LogP contribution is -2.40. The number of sulfonamides is 1. The highest BCUT2D eigenvalue weighted by Gasteiger charge is 2.26. The van der Waals surface area contributed by atoms with Gasteiger partial charge in [0.25, 0.3) is 0 Å². The second kappa shape index (κ2) is 9.65. The highest BCUT2D eigenvalue weighted by molar-refractivity contribution is 7.89. The van der Waals surface area contributed by atoms with Crippen molar-refractivity contribution < 1.29 is 17.9 Å². The fraction of sp³-hybridized carbons (Fsp3) is 0.450. The Kier molecular flexibility index (Phi) is 7.23. The van der Waals surface area contributed by atoms with Crippen molar-refractivity contribution in [3.8, 4) is 0 Å². The monoisotopic (exact) mass is 422 g/mol. The molecule has 1 aliphatic heterocycles. The molecule has 0 atom stereocenters. The van der Waals surface area contributed by atoms with Crippen LogP contribution in [0.3, 0.4) is 0 Å². The molecule has 8 heteroatoms. The van der Waals surface area contributed by atoms with Gasteiger partial charge in [0.1, 0.15) is 0 Å². The number of aryl methyl sites for hydroxylation is 1. The van der Waals surface area contributed by atoms with E-state index in [1.54, 1.807) is 35.6 Å². The van der Waals surface area contributed by atoms with Crippen LogP contribution in [0, 0.1) is 0 Å². The standard InChI is InChI=1S/C20H26N2O4S2/c1-2-21(16-18-4-3-15-27-18)20(23)10-7-17-5-8-19(9-6-17)28(24,25)22-11-13-26-14-12-22/h3-6,8-9,15H,2,7,10-14,16H2,1H3. The number of benzene rings is 1.